The number of hydrogen-bond acceptors (Lipinski definition) is 3. The molecule has 0 aromatic carbocycles. The zero-order chi connectivity index (χ0) is 12.1. The van der Waals surface area contributed by atoms with Crippen LogP contribution in [0.2, 0.25) is 0 Å². The molecule has 0 fully saturated rings. The fourth-order valence-corrected chi connectivity index (χ4v) is 2.79. The Balaban J connectivity index is 2.78. The van der Waals surface area contributed by atoms with Crippen LogP contribution in [0.1, 0.15) is 23.7 Å². The van der Waals surface area contributed by atoms with Crippen LogP contribution in [0.3, 0.4) is 0 Å². The fourth-order valence-electron chi connectivity index (χ4n) is 1.32. The second-order valence-corrected chi connectivity index (χ2v) is 6.66. The molecule has 0 unspecified atom stereocenters. The molecule has 0 atom stereocenters. The number of nitrogens with zero attached hydrogens (tertiary/aromatic N) is 1. The zero-order valence-corrected chi connectivity index (χ0v) is 12.7. The van der Waals surface area contributed by atoms with Crippen LogP contribution in [0, 0.1) is 2.88 Å². The molecule has 88 valence electrons. The van der Waals surface area contributed by atoms with Gasteiger partial charge >= 0.3 is 0 Å². The maximum Gasteiger partial charge on any atom is 0.255 e. The van der Waals surface area contributed by atoms with E-state index in [0.29, 0.717) is 18.1 Å². The molecule has 0 bridgehead atoms. The van der Waals surface area contributed by atoms with Crippen molar-refractivity contribution in [1.82, 2.24) is 4.90 Å². The summed E-state index contributed by atoms with van der Waals surface area (Å²) in [5, 5.41) is 1.87. The van der Waals surface area contributed by atoms with Gasteiger partial charge in [0.05, 0.1) is 20.0 Å². The van der Waals surface area contributed by atoms with Crippen molar-refractivity contribution in [2.45, 2.75) is 13.3 Å². The van der Waals surface area contributed by atoms with Crippen molar-refractivity contribution in [2.24, 2.45) is 5.73 Å². The van der Waals surface area contributed by atoms with Gasteiger partial charge in [-0.25, -0.2) is 0 Å². The van der Waals surface area contributed by atoms with Crippen molar-refractivity contribution in [3.8, 4) is 0 Å². The van der Waals surface area contributed by atoms with E-state index in [1.165, 1.54) is 0 Å². The van der Waals surface area contributed by atoms with Crippen LogP contribution in [0.4, 0.5) is 0 Å². The van der Waals surface area contributed by atoms with Crippen LogP contribution in [-0.2, 0) is 0 Å². The van der Waals surface area contributed by atoms with Gasteiger partial charge in [-0.05, 0) is 35.1 Å². The highest BCUT2D eigenvalue weighted by Crippen LogP contribution is 2.18. The third-order valence-corrected chi connectivity index (χ3v) is 3.86. The van der Waals surface area contributed by atoms with Crippen LogP contribution < -0.4 is 5.73 Å². The Labute approximate surface area is 118 Å². The summed E-state index contributed by atoms with van der Waals surface area (Å²) in [7, 11) is 0. The quantitative estimate of drug-likeness (QED) is 0.642. The van der Waals surface area contributed by atoms with Crippen molar-refractivity contribution in [3.05, 3.63) is 19.9 Å². The van der Waals surface area contributed by atoms with E-state index in [4.69, 9.17) is 18.0 Å². The lowest BCUT2D eigenvalue weighted by molar-refractivity contribution is 0.0780. The van der Waals surface area contributed by atoms with Gasteiger partial charge in [-0.3, -0.25) is 4.79 Å². The first kappa shape index (κ1) is 13.9. The van der Waals surface area contributed by atoms with Crippen LogP contribution in [0.15, 0.2) is 11.4 Å². The van der Waals surface area contributed by atoms with Gasteiger partial charge in [0.25, 0.3) is 5.91 Å². The monoisotopic (exact) mass is 368 g/mol. The first-order chi connectivity index (χ1) is 7.54. The van der Waals surface area contributed by atoms with Crippen molar-refractivity contribution in [2.75, 3.05) is 13.1 Å². The number of thiophene rings is 1. The fraction of sp³-hybridized carbons (Fsp3) is 0.400. The lowest BCUT2D eigenvalue weighted by atomic mass is 10.2. The molecule has 0 aliphatic heterocycles. The summed E-state index contributed by atoms with van der Waals surface area (Å²) in [6.07, 6.45) is 0.898. The highest BCUT2D eigenvalue weighted by Gasteiger charge is 2.16. The molecule has 0 saturated carbocycles. The number of carbonyl (C=O) groups is 1. The predicted octanol–water partition coefficient (Wildman–Crippen LogP) is 2.49. The molecule has 16 heavy (non-hydrogen) atoms. The topological polar surface area (TPSA) is 46.3 Å². The van der Waals surface area contributed by atoms with E-state index in [1.54, 1.807) is 16.2 Å². The molecule has 1 aromatic heterocycles. The third kappa shape index (κ3) is 3.99. The largest absolute Gasteiger partial charge is 0.392 e. The minimum atomic E-state index is 0.00816. The van der Waals surface area contributed by atoms with E-state index in [-0.39, 0.29) is 5.91 Å². The molecule has 3 nitrogen and oxygen atoms in total. The average Bonchev–Trinajstić information content (AvgIpc) is 2.62. The van der Waals surface area contributed by atoms with Gasteiger partial charge in [0.15, 0.2) is 0 Å². The summed E-state index contributed by atoms with van der Waals surface area (Å²) in [6.45, 7) is 3.06. The molecular weight excluding hydrogens is 355 g/mol. The van der Waals surface area contributed by atoms with Crippen molar-refractivity contribution in [1.29, 1.82) is 0 Å². The molecule has 1 amide bonds. The first-order valence-corrected chi connectivity index (χ1v) is 7.23. The molecule has 0 radical (unpaired) electrons. The van der Waals surface area contributed by atoms with Crippen LogP contribution >= 0.6 is 46.1 Å². The third-order valence-electron chi connectivity index (χ3n) is 1.94. The van der Waals surface area contributed by atoms with Gasteiger partial charge in [0, 0.05) is 11.9 Å². The Morgan fingerprint density at radius 1 is 1.69 bits per heavy atom. The number of nitrogens with two attached hydrogens (primary N) is 1. The van der Waals surface area contributed by atoms with E-state index in [2.05, 4.69) is 22.6 Å². The van der Waals surface area contributed by atoms with Gasteiger partial charge in [-0.15, -0.1) is 11.3 Å². The van der Waals surface area contributed by atoms with Crippen molar-refractivity contribution >= 4 is 57.0 Å². The van der Waals surface area contributed by atoms with E-state index in [1.807, 2.05) is 18.4 Å². The molecule has 1 aromatic rings. The number of halogens is 1. The summed E-state index contributed by atoms with van der Waals surface area (Å²) < 4.78 is 1.10. The molecule has 0 saturated heterocycles. The van der Waals surface area contributed by atoms with Crippen molar-refractivity contribution in [3.63, 3.8) is 0 Å². The maximum atomic E-state index is 12.1. The first-order valence-electron chi connectivity index (χ1n) is 4.86. The summed E-state index contributed by atoms with van der Waals surface area (Å²) in [5.41, 5.74) is 6.20. The van der Waals surface area contributed by atoms with Gasteiger partial charge in [-0.2, -0.15) is 0 Å². The summed E-state index contributed by atoms with van der Waals surface area (Å²) in [4.78, 5) is 14.1. The van der Waals surface area contributed by atoms with E-state index in [0.717, 1.165) is 14.9 Å². The molecule has 1 heterocycles. The summed E-state index contributed by atoms with van der Waals surface area (Å²) in [5.74, 6) is 0.00816. The number of thiocarbonyl (C=S) groups is 1. The molecule has 0 aliphatic carbocycles. The van der Waals surface area contributed by atoms with Crippen molar-refractivity contribution < 1.29 is 4.79 Å². The summed E-state index contributed by atoms with van der Waals surface area (Å²) >= 11 is 8.61. The molecule has 0 aliphatic rings. The van der Waals surface area contributed by atoms with Crippen LogP contribution in [0.5, 0.6) is 0 Å². The minimum Gasteiger partial charge on any atom is -0.392 e. The van der Waals surface area contributed by atoms with Gasteiger partial charge < -0.3 is 10.6 Å². The predicted molar refractivity (Wildman–Crippen MR) is 80.0 cm³/mol. The second-order valence-electron chi connectivity index (χ2n) is 3.33. The maximum absolute atomic E-state index is 12.1. The molecule has 6 heteroatoms. The highest BCUT2D eigenvalue weighted by molar-refractivity contribution is 14.1. The van der Waals surface area contributed by atoms with E-state index >= 15 is 0 Å². The SMILES string of the molecule is CCCN(CC(N)=S)C(=O)c1csc(I)c1. The Morgan fingerprint density at radius 3 is 2.81 bits per heavy atom. The van der Waals surface area contributed by atoms with Crippen LogP contribution in [0.25, 0.3) is 0 Å². The standard InChI is InChI=1S/C10H13IN2OS2/c1-2-3-13(5-9(12)15)10(14)7-4-8(11)16-6-7/h4,6H,2-3,5H2,1H3,(H2,12,15). The smallest absolute Gasteiger partial charge is 0.255 e. The number of rotatable bonds is 5. The minimum absolute atomic E-state index is 0.00816. The van der Waals surface area contributed by atoms with E-state index in [9.17, 15) is 4.79 Å². The highest BCUT2D eigenvalue weighted by atomic mass is 127. The lowest BCUT2D eigenvalue weighted by Crippen LogP contribution is -2.38. The van der Waals surface area contributed by atoms with Gasteiger partial charge in [0.1, 0.15) is 0 Å². The van der Waals surface area contributed by atoms with Gasteiger partial charge in [-0.1, -0.05) is 19.1 Å². The molecule has 2 N–H and O–H groups in total. The molecule has 1 rings (SSSR count). The number of carbonyl (C=O) groups excluding carboxylic acids is 1. The summed E-state index contributed by atoms with van der Waals surface area (Å²) in [6, 6.07) is 1.88. The second kappa shape index (κ2) is 6.51. The molecular formula is C10H13IN2OS2. The number of hydrogen-bond donors (Lipinski definition) is 1. The Bertz CT molecular complexity index is 392. The Kier molecular flexibility index (Phi) is 5.63. The van der Waals surface area contributed by atoms with Gasteiger partial charge in [0.2, 0.25) is 0 Å². The Hall–Kier alpha value is -0.210. The van der Waals surface area contributed by atoms with Crippen LogP contribution in [-0.4, -0.2) is 28.9 Å². The zero-order valence-electron chi connectivity index (χ0n) is 8.90. The normalized spacial score (nSPS) is 10.1. The molecule has 0 spiro atoms. The average molecular weight is 368 g/mol. The lowest BCUT2D eigenvalue weighted by Gasteiger charge is -2.20. The van der Waals surface area contributed by atoms with E-state index < -0.39 is 0 Å². The number of amides is 1. The Morgan fingerprint density at radius 2 is 2.38 bits per heavy atom.